The highest BCUT2D eigenvalue weighted by Crippen LogP contribution is 2.29. The van der Waals surface area contributed by atoms with E-state index in [2.05, 4.69) is 27.4 Å². The Labute approximate surface area is 115 Å². The second-order valence-electron chi connectivity index (χ2n) is 4.80. The van der Waals surface area contributed by atoms with Gasteiger partial charge in [0, 0.05) is 22.8 Å². The first-order chi connectivity index (χ1) is 9.29. The fourth-order valence-corrected chi connectivity index (χ4v) is 2.68. The molecule has 3 aromatic rings. The minimum absolute atomic E-state index is 0.739. The van der Waals surface area contributed by atoms with Gasteiger partial charge in [-0.1, -0.05) is 11.6 Å². The summed E-state index contributed by atoms with van der Waals surface area (Å²) in [6, 6.07) is 12.0. The number of H-pyrrole nitrogens is 1. The molecule has 0 atom stereocenters. The molecule has 1 aliphatic rings. The molecule has 0 radical (unpaired) electrons. The van der Waals surface area contributed by atoms with Crippen molar-refractivity contribution in [2.75, 3.05) is 11.9 Å². The first kappa shape index (κ1) is 10.9. The number of hydrogen-bond donors (Lipinski definition) is 2. The van der Waals surface area contributed by atoms with E-state index in [1.165, 1.54) is 11.3 Å². The SMILES string of the molecule is Clc1ccc(-c2nc3cc4c(cc3[nH]2)CCN4)cc1. The third-order valence-electron chi connectivity index (χ3n) is 3.53. The zero-order valence-electron chi connectivity index (χ0n) is 10.2. The predicted molar refractivity (Wildman–Crippen MR) is 78.7 cm³/mol. The second-order valence-corrected chi connectivity index (χ2v) is 5.23. The van der Waals surface area contributed by atoms with E-state index >= 15 is 0 Å². The van der Waals surface area contributed by atoms with Crippen molar-refractivity contribution in [3.05, 3.63) is 47.0 Å². The van der Waals surface area contributed by atoms with Crippen LogP contribution in [0, 0.1) is 0 Å². The highest BCUT2D eigenvalue weighted by atomic mass is 35.5. The molecule has 0 saturated carbocycles. The summed E-state index contributed by atoms with van der Waals surface area (Å²) in [5.74, 6) is 0.885. The predicted octanol–water partition coefficient (Wildman–Crippen LogP) is 3.85. The maximum Gasteiger partial charge on any atom is 0.138 e. The van der Waals surface area contributed by atoms with Crippen molar-refractivity contribution in [2.45, 2.75) is 6.42 Å². The van der Waals surface area contributed by atoms with E-state index < -0.39 is 0 Å². The summed E-state index contributed by atoms with van der Waals surface area (Å²) in [6.07, 6.45) is 1.08. The lowest BCUT2D eigenvalue weighted by Gasteiger charge is -1.97. The summed E-state index contributed by atoms with van der Waals surface area (Å²) in [6.45, 7) is 1.02. The molecule has 94 valence electrons. The molecule has 2 aromatic carbocycles. The molecule has 0 bridgehead atoms. The number of nitrogens with zero attached hydrogens (tertiary/aromatic N) is 1. The fraction of sp³-hybridized carbons (Fsp3) is 0.133. The maximum absolute atomic E-state index is 5.91. The molecular weight excluding hydrogens is 258 g/mol. The molecule has 0 aliphatic carbocycles. The Morgan fingerprint density at radius 1 is 1.11 bits per heavy atom. The summed E-state index contributed by atoms with van der Waals surface area (Å²) in [4.78, 5) is 8.03. The normalized spacial score (nSPS) is 13.5. The average Bonchev–Trinajstić information content (AvgIpc) is 3.01. The van der Waals surface area contributed by atoms with Crippen molar-refractivity contribution in [1.82, 2.24) is 9.97 Å². The number of rotatable bonds is 1. The van der Waals surface area contributed by atoms with Crippen LogP contribution in [-0.4, -0.2) is 16.5 Å². The lowest BCUT2D eigenvalue weighted by Crippen LogP contribution is -1.90. The van der Waals surface area contributed by atoms with E-state index in [-0.39, 0.29) is 0 Å². The molecule has 0 unspecified atom stereocenters. The van der Waals surface area contributed by atoms with Gasteiger partial charge in [-0.3, -0.25) is 0 Å². The standard InChI is InChI=1S/C15H12ClN3/c16-11-3-1-9(2-4-11)15-18-13-7-10-5-6-17-12(10)8-14(13)19-15/h1-4,7-8,17H,5-6H2,(H,18,19). The molecule has 19 heavy (non-hydrogen) atoms. The fourth-order valence-electron chi connectivity index (χ4n) is 2.55. The van der Waals surface area contributed by atoms with Crippen LogP contribution in [0.3, 0.4) is 0 Å². The summed E-state index contributed by atoms with van der Waals surface area (Å²) in [5.41, 5.74) is 5.71. The third kappa shape index (κ3) is 1.78. The van der Waals surface area contributed by atoms with Crippen LogP contribution in [0.15, 0.2) is 36.4 Å². The smallest absolute Gasteiger partial charge is 0.138 e. The molecular formula is C15H12ClN3. The largest absolute Gasteiger partial charge is 0.384 e. The van der Waals surface area contributed by atoms with Gasteiger partial charge in [-0.15, -0.1) is 0 Å². The van der Waals surface area contributed by atoms with Crippen molar-refractivity contribution >= 4 is 28.3 Å². The number of nitrogens with one attached hydrogen (secondary N) is 2. The molecule has 0 amide bonds. The summed E-state index contributed by atoms with van der Waals surface area (Å²) >= 11 is 5.91. The van der Waals surface area contributed by atoms with Crippen LogP contribution in [0.2, 0.25) is 5.02 Å². The average molecular weight is 270 g/mol. The molecule has 3 nitrogen and oxygen atoms in total. The zero-order valence-corrected chi connectivity index (χ0v) is 11.0. The monoisotopic (exact) mass is 269 g/mol. The minimum Gasteiger partial charge on any atom is -0.384 e. The summed E-state index contributed by atoms with van der Waals surface area (Å²) in [7, 11) is 0. The van der Waals surface area contributed by atoms with E-state index in [9.17, 15) is 0 Å². The Morgan fingerprint density at radius 3 is 2.79 bits per heavy atom. The van der Waals surface area contributed by atoms with E-state index in [0.29, 0.717) is 0 Å². The molecule has 1 aromatic heterocycles. The number of anilines is 1. The van der Waals surface area contributed by atoms with Gasteiger partial charge in [0.15, 0.2) is 0 Å². The van der Waals surface area contributed by atoms with Crippen LogP contribution in [0.5, 0.6) is 0 Å². The number of aromatic nitrogens is 2. The van der Waals surface area contributed by atoms with Crippen LogP contribution in [-0.2, 0) is 6.42 Å². The van der Waals surface area contributed by atoms with Crippen LogP contribution in [0.25, 0.3) is 22.4 Å². The van der Waals surface area contributed by atoms with Gasteiger partial charge in [-0.05, 0) is 48.4 Å². The van der Waals surface area contributed by atoms with Crippen LogP contribution in [0.4, 0.5) is 5.69 Å². The van der Waals surface area contributed by atoms with Gasteiger partial charge in [0.05, 0.1) is 11.0 Å². The number of hydrogen-bond acceptors (Lipinski definition) is 2. The van der Waals surface area contributed by atoms with Crippen molar-refractivity contribution in [2.24, 2.45) is 0 Å². The Kier molecular flexibility index (Phi) is 2.29. The molecule has 2 N–H and O–H groups in total. The van der Waals surface area contributed by atoms with Gasteiger partial charge in [0.2, 0.25) is 0 Å². The van der Waals surface area contributed by atoms with E-state index in [0.717, 1.165) is 40.4 Å². The second kappa shape index (κ2) is 4.00. The van der Waals surface area contributed by atoms with Crippen molar-refractivity contribution in [3.63, 3.8) is 0 Å². The van der Waals surface area contributed by atoms with E-state index in [1.807, 2.05) is 24.3 Å². The minimum atomic E-state index is 0.739. The Morgan fingerprint density at radius 2 is 1.95 bits per heavy atom. The van der Waals surface area contributed by atoms with Crippen LogP contribution < -0.4 is 5.32 Å². The number of imidazole rings is 1. The van der Waals surface area contributed by atoms with Crippen molar-refractivity contribution < 1.29 is 0 Å². The highest BCUT2D eigenvalue weighted by molar-refractivity contribution is 6.30. The van der Waals surface area contributed by atoms with Crippen LogP contribution >= 0.6 is 11.6 Å². The third-order valence-corrected chi connectivity index (χ3v) is 3.79. The van der Waals surface area contributed by atoms with E-state index in [1.54, 1.807) is 0 Å². The summed E-state index contributed by atoms with van der Waals surface area (Å²) < 4.78 is 0. The van der Waals surface area contributed by atoms with Gasteiger partial charge in [0.25, 0.3) is 0 Å². The molecule has 1 aliphatic heterocycles. The molecule has 0 spiro atoms. The van der Waals surface area contributed by atoms with E-state index in [4.69, 9.17) is 11.6 Å². The molecule has 2 heterocycles. The lowest BCUT2D eigenvalue weighted by molar-refractivity contribution is 1.11. The molecule has 4 heteroatoms. The molecule has 0 saturated heterocycles. The van der Waals surface area contributed by atoms with Crippen molar-refractivity contribution in [1.29, 1.82) is 0 Å². The molecule has 4 rings (SSSR count). The first-order valence-corrected chi connectivity index (χ1v) is 6.70. The molecule has 0 fully saturated rings. The Balaban J connectivity index is 1.86. The van der Waals surface area contributed by atoms with Gasteiger partial charge < -0.3 is 10.3 Å². The highest BCUT2D eigenvalue weighted by Gasteiger charge is 2.13. The number of benzene rings is 2. The first-order valence-electron chi connectivity index (χ1n) is 6.32. The zero-order chi connectivity index (χ0) is 12.8. The topological polar surface area (TPSA) is 40.7 Å². The van der Waals surface area contributed by atoms with Gasteiger partial charge >= 0.3 is 0 Å². The Bertz CT molecular complexity index is 718. The lowest BCUT2D eigenvalue weighted by atomic mass is 10.1. The van der Waals surface area contributed by atoms with Gasteiger partial charge in [-0.2, -0.15) is 0 Å². The van der Waals surface area contributed by atoms with Crippen LogP contribution in [0.1, 0.15) is 5.56 Å². The maximum atomic E-state index is 5.91. The quantitative estimate of drug-likeness (QED) is 0.704. The number of aromatic amines is 1. The Hall–Kier alpha value is -2.00. The van der Waals surface area contributed by atoms with Gasteiger partial charge in [0.1, 0.15) is 5.82 Å². The number of halogens is 1. The number of fused-ring (bicyclic) bond motifs is 2. The summed E-state index contributed by atoms with van der Waals surface area (Å²) in [5, 5.41) is 4.12. The van der Waals surface area contributed by atoms with Gasteiger partial charge in [-0.25, -0.2) is 4.98 Å². The van der Waals surface area contributed by atoms with Crippen molar-refractivity contribution in [3.8, 4) is 11.4 Å².